The number of methoxy groups -OCH3 is 2. The van der Waals surface area contributed by atoms with Crippen molar-refractivity contribution >= 4 is 5.97 Å². The Morgan fingerprint density at radius 3 is 2.59 bits per heavy atom. The van der Waals surface area contributed by atoms with Crippen molar-refractivity contribution in [1.82, 2.24) is 0 Å². The van der Waals surface area contributed by atoms with E-state index in [2.05, 4.69) is 0 Å². The van der Waals surface area contributed by atoms with E-state index in [4.69, 9.17) is 14.2 Å². The van der Waals surface area contributed by atoms with Crippen molar-refractivity contribution in [2.75, 3.05) is 14.2 Å². The van der Waals surface area contributed by atoms with E-state index in [-0.39, 0.29) is 5.92 Å². The van der Waals surface area contributed by atoms with Crippen LogP contribution in [0.15, 0.2) is 78.3 Å². The molecule has 0 heterocycles. The molecule has 0 N–H and O–H groups in total. The van der Waals surface area contributed by atoms with E-state index in [1.807, 2.05) is 54.6 Å². The third-order valence-electron chi connectivity index (χ3n) is 3.14. The molecule has 1 aromatic rings. The second-order valence-electron chi connectivity index (χ2n) is 4.57. The monoisotopic (exact) mass is 298 g/mol. The van der Waals surface area contributed by atoms with Crippen LogP contribution < -0.4 is 4.74 Å². The van der Waals surface area contributed by atoms with E-state index in [9.17, 15) is 4.79 Å². The lowest BCUT2D eigenvalue weighted by atomic mass is 9.89. The fraction of sp³-hybridized carbons (Fsp3) is 0.167. The van der Waals surface area contributed by atoms with Crippen LogP contribution in [-0.4, -0.2) is 20.2 Å². The molecule has 0 saturated heterocycles. The molecule has 0 spiro atoms. The molecule has 0 bridgehead atoms. The molecule has 0 fully saturated rings. The zero-order valence-corrected chi connectivity index (χ0v) is 12.6. The van der Waals surface area contributed by atoms with Crippen LogP contribution in [0, 0.1) is 5.92 Å². The van der Waals surface area contributed by atoms with Gasteiger partial charge in [0, 0.05) is 5.92 Å². The van der Waals surface area contributed by atoms with Crippen LogP contribution in [0.4, 0.5) is 0 Å². The standard InChI is InChI=1S/C18H18O4/c1-20-13-17(18(19)21-2)16-11-7-6-8-14(16)12-22-15-9-4-3-5-10-15/h3-13,16H,1-2H3. The molecule has 1 aromatic carbocycles. The van der Waals surface area contributed by atoms with Crippen molar-refractivity contribution < 1.29 is 19.0 Å². The Balaban J connectivity index is 2.25. The van der Waals surface area contributed by atoms with Crippen LogP contribution in [0.3, 0.4) is 0 Å². The van der Waals surface area contributed by atoms with Gasteiger partial charge in [-0.25, -0.2) is 4.79 Å². The van der Waals surface area contributed by atoms with Crippen molar-refractivity contribution in [3.8, 4) is 5.75 Å². The van der Waals surface area contributed by atoms with Crippen LogP contribution in [0.1, 0.15) is 0 Å². The third kappa shape index (κ3) is 3.88. The second-order valence-corrected chi connectivity index (χ2v) is 4.57. The quantitative estimate of drug-likeness (QED) is 0.475. The number of carbonyl (C=O) groups excluding carboxylic acids is 1. The molecule has 0 aromatic heterocycles. The lowest BCUT2D eigenvalue weighted by Crippen LogP contribution is -2.16. The highest BCUT2D eigenvalue weighted by Crippen LogP contribution is 2.27. The van der Waals surface area contributed by atoms with Gasteiger partial charge < -0.3 is 14.2 Å². The highest BCUT2D eigenvalue weighted by molar-refractivity contribution is 5.90. The number of para-hydroxylation sites is 1. The Morgan fingerprint density at radius 2 is 1.91 bits per heavy atom. The molecule has 1 unspecified atom stereocenters. The minimum absolute atomic E-state index is 0.277. The fourth-order valence-electron chi connectivity index (χ4n) is 2.08. The SMILES string of the molecule is COC=C(C(=O)OC)C1C=CC=CC1=COc1ccccc1. The third-order valence-corrected chi connectivity index (χ3v) is 3.14. The van der Waals surface area contributed by atoms with Crippen LogP contribution in [-0.2, 0) is 14.3 Å². The first-order valence-corrected chi connectivity index (χ1v) is 6.84. The number of ether oxygens (including phenoxy) is 3. The minimum atomic E-state index is -0.433. The molecule has 0 aliphatic heterocycles. The summed E-state index contributed by atoms with van der Waals surface area (Å²) in [6.45, 7) is 0. The van der Waals surface area contributed by atoms with Gasteiger partial charge in [-0.1, -0.05) is 42.5 Å². The van der Waals surface area contributed by atoms with E-state index in [1.165, 1.54) is 20.5 Å². The summed E-state index contributed by atoms with van der Waals surface area (Å²) in [6.07, 6.45) is 10.6. The van der Waals surface area contributed by atoms with Crippen molar-refractivity contribution in [1.29, 1.82) is 0 Å². The molecule has 114 valence electrons. The molecule has 4 nitrogen and oxygen atoms in total. The topological polar surface area (TPSA) is 44.8 Å². The summed E-state index contributed by atoms with van der Waals surface area (Å²) >= 11 is 0. The molecule has 0 amide bonds. The second kappa shape index (κ2) is 7.88. The molecular formula is C18H18O4. The molecule has 1 aliphatic rings. The summed E-state index contributed by atoms with van der Waals surface area (Å²) in [4.78, 5) is 11.9. The number of carbonyl (C=O) groups is 1. The van der Waals surface area contributed by atoms with Gasteiger partial charge in [0.2, 0.25) is 0 Å². The lowest BCUT2D eigenvalue weighted by molar-refractivity contribution is -0.136. The van der Waals surface area contributed by atoms with E-state index >= 15 is 0 Å². The maximum Gasteiger partial charge on any atom is 0.337 e. The summed E-state index contributed by atoms with van der Waals surface area (Å²) in [7, 11) is 2.84. The van der Waals surface area contributed by atoms with Crippen LogP contribution in [0.5, 0.6) is 5.75 Å². The number of rotatable bonds is 5. The van der Waals surface area contributed by atoms with Gasteiger partial charge in [0.1, 0.15) is 5.75 Å². The van der Waals surface area contributed by atoms with Gasteiger partial charge >= 0.3 is 5.97 Å². The molecule has 2 rings (SSSR count). The Hall–Kier alpha value is -2.75. The zero-order chi connectivity index (χ0) is 15.8. The van der Waals surface area contributed by atoms with Gasteiger partial charge in [0.15, 0.2) is 0 Å². The van der Waals surface area contributed by atoms with E-state index in [0.717, 1.165) is 11.3 Å². The summed E-state index contributed by atoms with van der Waals surface area (Å²) in [6, 6.07) is 9.43. The first kappa shape index (κ1) is 15.6. The Bertz CT molecular complexity index is 624. The zero-order valence-electron chi connectivity index (χ0n) is 12.6. The van der Waals surface area contributed by atoms with E-state index in [0.29, 0.717) is 5.57 Å². The predicted octanol–water partition coefficient (Wildman–Crippen LogP) is 3.39. The normalized spacial score (nSPS) is 19.1. The summed E-state index contributed by atoms with van der Waals surface area (Å²) in [5.41, 5.74) is 1.24. The van der Waals surface area contributed by atoms with Crippen molar-refractivity contribution in [3.05, 3.63) is 78.3 Å². The van der Waals surface area contributed by atoms with Gasteiger partial charge in [-0.15, -0.1) is 0 Å². The van der Waals surface area contributed by atoms with Gasteiger partial charge in [-0.2, -0.15) is 0 Å². The average molecular weight is 298 g/mol. The number of allylic oxidation sites excluding steroid dienone is 5. The fourth-order valence-corrected chi connectivity index (χ4v) is 2.08. The highest BCUT2D eigenvalue weighted by atomic mass is 16.5. The van der Waals surface area contributed by atoms with Gasteiger partial charge in [-0.05, 0) is 17.7 Å². The number of esters is 1. The molecule has 1 atom stereocenters. The molecule has 0 radical (unpaired) electrons. The van der Waals surface area contributed by atoms with Crippen molar-refractivity contribution in [2.45, 2.75) is 0 Å². The number of hydrogen-bond donors (Lipinski definition) is 0. The largest absolute Gasteiger partial charge is 0.504 e. The summed E-state index contributed by atoms with van der Waals surface area (Å²) in [5.74, 6) is 0.0190. The Kier molecular flexibility index (Phi) is 5.60. The summed E-state index contributed by atoms with van der Waals surface area (Å²) in [5, 5.41) is 0. The molecule has 1 aliphatic carbocycles. The number of hydrogen-bond acceptors (Lipinski definition) is 4. The van der Waals surface area contributed by atoms with Gasteiger partial charge in [0.05, 0.1) is 32.3 Å². The first-order valence-electron chi connectivity index (χ1n) is 6.84. The maximum atomic E-state index is 11.9. The van der Waals surface area contributed by atoms with Crippen LogP contribution in [0.2, 0.25) is 0 Å². The molecule has 0 saturated carbocycles. The molecule has 4 heteroatoms. The lowest BCUT2D eigenvalue weighted by Gasteiger charge is -2.18. The summed E-state index contributed by atoms with van der Waals surface area (Å²) < 4.78 is 15.5. The average Bonchev–Trinajstić information content (AvgIpc) is 2.58. The van der Waals surface area contributed by atoms with E-state index in [1.54, 1.807) is 6.26 Å². The highest BCUT2D eigenvalue weighted by Gasteiger charge is 2.24. The Labute approximate surface area is 130 Å². The number of benzene rings is 1. The Morgan fingerprint density at radius 1 is 1.14 bits per heavy atom. The minimum Gasteiger partial charge on any atom is -0.504 e. The van der Waals surface area contributed by atoms with Crippen molar-refractivity contribution in [2.24, 2.45) is 5.92 Å². The molecular weight excluding hydrogens is 280 g/mol. The smallest absolute Gasteiger partial charge is 0.337 e. The van der Waals surface area contributed by atoms with Crippen LogP contribution in [0.25, 0.3) is 0 Å². The first-order chi connectivity index (χ1) is 10.8. The maximum absolute atomic E-state index is 11.9. The predicted molar refractivity (Wildman–Crippen MR) is 84.0 cm³/mol. The van der Waals surface area contributed by atoms with E-state index < -0.39 is 5.97 Å². The van der Waals surface area contributed by atoms with Gasteiger partial charge in [0.25, 0.3) is 0 Å². The van der Waals surface area contributed by atoms with Crippen LogP contribution >= 0.6 is 0 Å². The van der Waals surface area contributed by atoms with Crippen molar-refractivity contribution in [3.63, 3.8) is 0 Å². The molecule has 22 heavy (non-hydrogen) atoms. The van der Waals surface area contributed by atoms with Gasteiger partial charge in [-0.3, -0.25) is 0 Å².